The lowest BCUT2D eigenvalue weighted by Gasteiger charge is -2.26. The number of thioether (sulfide) groups is 1. The number of halogens is 3. The van der Waals surface area contributed by atoms with Crippen LogP contribution in [0.5, 0.6) is 0 Å². The van der Waals surface area contributed by atoms with E-state index in [9.17, 15) is 18.0 Å². The third-order valence-corrected chi connectivity index (χ3v) is 5.73. The Kier molecular flexibility index (Phi) is 8.28. The quantitative estimate of drug-likeness (QED) is 0.374. The number of aromatic nitrogens is 2. The summed E-state index contributed by atoms with van der Waals surface area (Å²) in [6, 6.07) is 9.52. The summed E-state index contributed by atoms with van der Waals surface area (Å²) in [5.74, 6) is -0.255. The van der Waals surface area contributed by atoms with E-state index in [0.29, 0.717) is 12.1 Å². The number of ether oxygens (including phenoxy) is 1. The minimum atomic E-state index is -4.60. The second-order valence-electron chi connectivity index (χ2n) is 7.14. The highest BCUT2D eigenvalue weighted by Crippen LogP contribution is 2.32. The van der Waals surface area contributed by atoms with Crippen LogP contribution in [0.15, 0.2) is 41.6 Å². The number of alkyl halides is 3. The largest absolute Gasteiger partial charge is 0.433 e. The van der Waals surface area contributed by atoms with Crippen LogP contribution in [0.25, 0.3) is 11.3 Å². The van der Waals surface area contributed by atoms with E-state index in [4.69, 9.17) is 4.74 Å². The fraction of sp³-hybridized carbons (Fsp3) is 0.476. The lowest BCUT2D eigenvalue weighted by atomic mass is 10.1. The van der Waals surface area contributed by atoms with Gasteiger partial charge in [0, 0.05) is 25.2 Å². The third-order valence-electron chi connectivity index (χ3n) is 4.77. The van der Waals surface area contributed by atoms with Crippen LogP contribution in [0.2, 0.25) is 0 Å². The molecule has 168 valence electrons. The maximum Gasteiger partial charge on any atom is 0.433 e. The van der Waals surface area contributed by atoms with Crippen molar-refractivity contribution in [3.05, 3.63) is 42.1 Å². The van der Waals surface area contributed by atoms with Crippen molar-refractivity contribution in [3.8, 4) is 11.3 Å². The lowest BCUT2D eigenvalue weighted by molar-refractivity contribution is -0.141. The topological polar surface area (TPSA) is 67.4 Å². The first-order valence-corrected chi connectivity index (χ1v) is 11.0. The van der Waals surface area contributed by atoms with Crippen LogP contribution < -0.4 is 5.32 Å². The zero-order valence-electron chi connectivity index (χ0n) is 17.2. The molecule has 2 heterocycles. The minimum Gasteiger partial charge on any atom is -0.379 e. The Balaban J connectivity index is 1.60. The molecule has 2 aromatic rings. The van der Waals surface area contributed by atoms with Crippen LogP contribution >= 0.6 is 11.8 Å². The van der Waals surface area contributed by atoms with Crippen LogP contribution in [0, 0.1) is 0 Å². The van der Waals surface area contributed by atoms with Crippen LogP contribution in [0.3, 0.4) is 0 Å². The Bertz CT molecular complexity index is 861. The normalized spacial score (nSPS) is 16.1. The summed E-state index contributed by atoms with van der Waals surface area (Å²) >= 11 is 0.916. The number of morpholine rings is 1. The summed E-state index contributed by atoms with van der Waals surface area (Å²) in [5, 5.41) is 2.13. The van der Waals surface area contributed by atoms with Crippen molar-refractivity contribution in [2.45, 2.75) is 29.9 Å². The first-order valence-electron chi connectivity index (χ1n) is 10.1. The van der Waals surface area contributed by atoms with Crippen molar-refractivity contribution in [1.29, 1.82) is 0 Å². The smallest absolute Gasteiger partial charge is 0.379 e. The van der Waals surface area contributed by atoms with Gasteiger partial charge in [0.2, 0.25) is 5.91 Å². The Hall–Kier alpha value is -2.17. The van der Waals surface area contributed by atoms with Crippen molar-refractivity contribution in [2.75, 3.05) is 39.4 Å². The first-order chi connectivity index (χ1) is 14.8. The van der Waals surface area contributed by atoms with Crippen LogP contribution in [0.4, 0.5) is 13.2 Å². The maximum absolute atomic E-state index is 13.3. The fourth-order valence-corrected chi connectivity index (χ4v) is 3.88. The number of nitrogens with one attached hydrogen (secondary N) is 1. The van der Waals surface area contributed by atoms with Gasteiger partial charge < -0.3 is 10.1 Å². The molecule has 1 aromatic heterocycles. The van der Waals surface area contributed by atoms with E-state index in [2.05, 4.69) is 20.2 Å². The summed E-state index contributed by atoms with van der Waals surface area (Å²) in [6.07, 6.45) is -3.81. The Labute approximate surface area is 183 Å². The van der Waals surface area contributed by atoms with Gasteiger partial charge in [-0.3, -0.25) is 9.69 Å². The molecule has 0 bridgehead atoms. The van der Waals surface area contributed by atoms with E-state index in [-0.39, 0.29) is 16.8 Å². The Morgan fingerprint density at radius 3 is 2.61 bits per heavy atom. The molecule has 1 aliphatic heterocycles. The second-order valence-corrected chi connectivity index (χ2v) is 8.45. The molecule has 0 spiro atoms. The van der Waals surface area contributed by atoms with Gasteiger partial charge >= 0.3 is 6.18 Å². The average Bonchev–Trinajstić information content (AvgIpc) is 2.77. The van der Waals surface area contributed by atoms with Crippen LogP contribution in [-0.2, 0) is 15.7 Å². The second kappa shape index (κ2) is 10.9. The van der Waals surface area contributed by atoms with E-state index in [1.54, 1.807) is 37.3 Å². The highest BCUT2D eigenvalue weighted by Gasteiger charge is 2.34. The van der Waals surface area contributed by atoms with Crippen LogP contribution in [-0.4, -0.2) is 65.4 Å². The van der Waals surface area contributed by atoms with Crippen molar-refractivity contribution in [1.82, 2.24) is 20.2 Å². The number of hydrogen-bond donors (Lipinski definition) is 1. The molecular weight excluding hydrogens is 429 g/mol. The van der Waals surface area contributed by atoms with E-state index in [0.717, 1.165) is 57.1 Å². The zero-order chi connectivity index (χ0) is 22.3. The van der Waals surface area contributed by atoms with Gasteiger partial charge in [-0.25, -0.2) is 9.97 Å². The highest BCUT2D eigenvalue weighted by atomic mass is 32.2. The third kappa shape index (κ3) is 7.19. The predicted molar refractivity (Wildman–Crippen MR) is 113 cm³/mol. The molecular formula is C21H25F3N4O2S. The van der Waals surface area contributed by atoms with Gasteiger partial charge in [-0.2, -0.15) is 13.2 Å². The van der Waals surface area contributed by atoms with Gasteiger partial charge in [0.1, 0.15) is 5.69 Å². The Morgan fingerprint density at radius 1 is 1.23 bits per heavy atom. The number of amides is 1. The minimum absolute atomic E-state index is 0.0790. The number of carbonyl (C=O) groups is 1. The molecule has 31 heavy (non-hydrogen) atoms. The standard InChI is InChI=1S/C21H25F3N4O2S/c1-15(19(29)25-8-5-9-28-10-12-30-13-11-28)31-20-26-17(16-6-3-2-4-7-16)14-18(27-20)21(22,23)24/h2-4,6-7,14-15H,5,8-13H2,1H3,(H,25,29)/t15-/m0/s1. The van der Waals surface area contributed by atoms with E-state index in [1.165, 1.54) is 0 Å². The van der Waals surface area contributed by atoms with Gasteiger partial charge in [0.25, 0.3) is 0 Å². The van der Waals surface area contributed by atoms with E-state index < -0.39 is 17.1 Å². The summed E-state index contributed by atoms with van der Waals surface area (Å²) in [4.78, 5) is 22.6. The van der Waals surface area contributed by atoms with Gasteiger partial charge in [0.05, 0.1) is 24.2 Å². The first kappa shape index (κ1) is 23.5. The summed E-state index contributed by atoms with van der Waals surface area (Å²) in [7, 11) is 0. The van der Waals surface area contributed by atoms with Crippen molar-refractivity contribution in [3.63, 3.8) is 0 Å². The lowest BCUT2D eigenvalue weighted by Crippen LogP contribution is -2.38. The number of carbonyl (C=O) groups excluding carboxylic acids is 1. The SMILES string of the molecule is C[C@H](Sc1nc(-c2ccccc2)cc(C(F)(F)F)n1)C(=O)NCCCN1CCOCC1. The molecule has 0 radical (unpaired) electrons. The summed E-state index contributed by atoms with van der Waals surface area (Å²) in [6.45, 7) is 6.22. The van der Waals surface area contributed by atoms with Crippen LogP contribution in [0.1, 0.15) is 19.0 Å². The average molecular weight is 455 g/mol. The fourth-order valence-electron chi connectivity index (χ4n) is 3.07. The monoisotopic (exact) mass is 454 g/mol. The molecule has 1 fully saturated rings. The van der Waals surface area contributed by atoms with Gasteiger partial charge in [-0.05, 0) is 26.0 Å². The number of benzene rings is 1. The number of nitrogens with zero attached hydrogens (tertiary/aromatic N) is 3. The molecule has 1 amide bonds. The summed E-state index contributed by atoms with van der Waals surface area (Å²) in [5.41, 5.74) is -0.303. The molecule has 10 heteroatoms. The highest BCUT2D eigenvalue weighted by molar-refractivity contribution is 8.00. The number of rotatable bonds is 8. The molecule has 1 atom stereocenters. The molecule has 6 nitrogen and oxygen atoms in total. The van der Waals surface area contributed by atoms with Crippen molar-refractivity contribution in [2.24, 2.45) is 0 Å². The molecule has 1 aliphatic rings. The molecule has 1 saturated heterocycles. The molecule has 0 saturated carbocycles. The molecule has 1 N–H and O–H groups in total. The number of hydrogen-bond acceptors (Lipinski definition) is 6. The molecule has 1 aromatic carbocycles. The van der Waals surface area contributed by atoms with Gasteiger partial charge in [-0.15, -0.1) is 0 Å². The molecule has 0 aliphatic carbocycles. The van der Waals surface area contributed by atoms with E-state index >= 15 is 0 Å². The summed E-state index contributed by atoms with van der Waals surface area (Å²) < 4.78 is 45.3. The van der Waals surface area contributed by atoms with Crippen molar-refractivity contribution >= 4 is 17.7 Å². The van der Waals surface area contributed by atoms with E-state index in [1.807, 2.05) is 0 Å². The van der Waals surface area contributed by atoms with Crippen molar-refractivity contribution < 1.29 is 22.7 Å². The Morgan fingerprint density at radius 2 is 1.94 bits per heavy atom. The zero-order valence-corrected chi connectivity index (χ0v) is 18.0. The molecule has 0 unspecified atom stereocenters. The van der Waals surface area contributed by atoms with Gasteiger partial charge in [-0.1, -0.05) is 42.1 Å². The predicted octanol–water partition coefficient (Wildman–Crippen LogP) is 3.48. The maximum atomic E-state index is 13.3. The molecule has 3 rings (SSSR count). The van der Waals surface area contributed by atoms with Gasteiger partial charge in [0.15, 0.2) is 5.16 Å².